The number of imidazole rings is 2. The normalized spacial score (nSPS) is 12.7. The van der Waals surface area contributed by atoms with Gasteiger partial charge in [0, 0.05) is 0 Å². The highest BCUT2D eigenvalue weighted by atomic mass is 19.4. The molecule has 3 aromatic heterocycles. The largest absolute Gasteiger partial charge is 0.416 e. The standard InChI is InChI=1S/C21H11F6N5/c22-20(23,24)10-4-6-12-16(8-10)31-18(29-12)14-2-1-3-15(28-14)19-30-13-7-5-11(21(25,26)27)9-17(13)32-19/h1-9H,(H,29,31)(H,30,32). The molecular weight excluding hydrogens is 436 g/mol. The number of nitrogens with zero attached hydrogens (tertiary/aromatic N) is 3. The third-order valence-corrected chi connectivity index (χ3v) is 4.85. The third kappa shape index (κ3) is 3.55. The number of alkyl halides is 6. The van der Waals surface area contributed by atoms with E-state index < -0.39 is 23.5 Å². The molecule has 11 heteroatoms. The molecule has 5 rings (SSSR count). The van der Waals surface area contributed by atoms with Crippen molar-refractivity contribution in [2.45, 2.75) is 12.4 Å². The third-order valence-electron chi connectivity index (χ3n) is 4.85. The SMILES string of the molecule is FC(F)(F)c1ccc2nc(-c3cccc(-c4nc5ccc(C(F)(F)F)cc5[nH]4)n3)[nH]c2c1. The van der Waals surface area contributed by atoms with Gasteiger partial charge in [-0.3, -0.25) is 0 Å². The van der Waals surface area contributed by atoms with E-state index in [2.05, 4.69) is 24.9 Å². The average Bonchev–Trinajstić information content (AvgIpc) is 3.35. The number of aromatic nitrogens is 5. The molecule has 0 amide bonds. The highest BCUT2D eigenvalue weighted by Crippen LogP contribution is 2.33. The highest BCUT2D eigenvalue weighted by molar-refractivity contribution is 5.81. The molecular formula is C21H11F6N5. The smallest absolute Gasteiger partial charge is 0.337 e. The Morgan fingerprint density at radius 3 is 1.41 bits per heavy atom. The lowest BCUT2D eigenvalue weighted by atomic mass is 10.2. The molecule has 2 aromatic carbocycles. The molecule has 0 aliphatic heterocycles. The second-order valence-electron chi connectivity index (χ2n) is 7.04. The van der Waals surface area contributed by atoms with Gasteiger partial charge in [-0.25, -0.2) is 15.0 Å². The Morgan fingerprint density at radius 1 is 0.562 bits per heavy atom. The van der Waals surface area contributed by atoms with Crippen molar-refractivity contribution in [1.29, 1.82) is 0 Å². The lowest BCUT2D eigenvalue weighted by Gasteiger charge is -2.05. The molecule has 0 fully saturated rings. The van der Waals surface area contributed by atoms with Crippen molar-refractivity contribution in [3.8, 4) is 23.0 Å². The molecule has 0 saturated carbocycles. The van der Waals surface area contributed by atoms with Gasteiger partial charge in [0.25, 0.3) is 0 Å². The first-order chi connectivity index (χ1) is 15.1. The first-order valence-corrected chi connectivity index (χ1v) is 9.20. The Morgan fingerprint density at radius 2 is 1.00 bits per heavy atom. The maximum atomic E-state index is 12.9. The van der Waals surface area contributed by atoms with Crippen molar-refractivity contribution in [2.75, 3.05) is 0 Å². The molecule has 0 bridgehead atoms. The fourth-order valence-electron chi connectivity index (χ4n) is 3.31. The van der Waals surface area contributed by atoms with Crippen molar-refractivity contribution in [1.82, 2.24) is 24.9 Å². The lowest BCUT2D eigenvalue weighted by molar-refractivity contribution is -0.138. The fraction of sp³-hybridized carbons (Fsp3) is 0.0952. The van der Waals surface area contributed by atoms with Gasteiger partial charge in [-0.2, -0.15) is 26.3 Å². The number of rotatable bonds is 2. The summed E-state index contributed by atoms with van der Waals surface area (Å²) < 4.78 is 77.7. The maximum absolute atomic E-state index is 12.9. The second kappa shape index (κ2) is 6.81. The van der Waals surface area contributed by atoms with Crippen LogP contribution in [0.25, 0.3) is 45.1 Å². The molecule has 0 aliphatic rings. The Hall–Kier alpha value is -3.89. The van der Waals surface area contributed by atoms with Crippen LogP contribution < -0.4 is 0 Å². The number of halogens is 6. The summed E-state index contributed by atoms with van der Waals surface area (Å²) >= 11 is 0. The van der Waals surface area contributed by atoms with Gasteiger partial charge >= 0.3 is 12.4 Å². The maximum Gasteiger partial charge on any atom is 0.416 e. The van der Waals surface area contributed by atoms with E-state index in [1.54, 1.807) is 18.2 Å². The number of hydrogen-bond donors (Lipinski definition) is 2. The minimum Gasteiger partial charge on any atom is -0.337 e. The summed E-state index contributed by atoms with van der Waals surface area (Å²) in [5.41, 5.74) is 0.139. The van der Waals surface area contributed by atoms with Crippen LogP contribution in [-0.4, -0.2) is 24.9 Å². The molecule has 5 aromatic rings. The first-order valence-electron chi connectivity index (χ1n) is 9.20. The highest BCUT2D eigenvalue weighted by Gasteiger charge is 2.31. The summed E-state index contributed by atoms with van der Waals surface area (Å²) in [4.78, 5) is 18.6. The van der Waals surface area contributed by atoms with E-state index in [9.17, 15) is 26.3 Å². The van der Waals surface area contributed by atoms with E-state index in [0.717, 1.165) is 24.3 Å². The molecule has 0 radical (unpaired) electrons. The number of nitrogens with one attached hydrogen (secondary N) is 2. The summed E-state index contributed by atoms with van der Waals surface area (Å²) in [6.45, 7) is 0. The molecule has 0 unspecified atom stereocenters. The Labute approximate surface area is 175 Å². The lowest BCUT2D eigenvalue weighted by Crippen LogP contribution is -2.04. The average molecular weight is 447 g/mol. The van der Waals surface area contributed by atoms with E-state index in [1.165, 1.54) is 12.1 Å². The van der Waals surface area contributed by atoms with Crippen LogP contribution >= 0.6 is 0 Å². The van der Waals surface area contributed by atoms with Crippen LogP contribution in [-0.2, 0) is 12.4 Å². The molecule has 162 valence electrons. The summed E-state index contributed by atoms with van der Waals surface area (Å²) in [6.07, 6.45) is -8.96. The van der Waals surface area contributed by atoms with E-state index in [0.29, 0.717) is 22.4 Å². The monoisotopic (exact) mass is 447 g/mol. The quantitative estimate of drug-likeness (QED) is 0.316. The van der Waals surface area contributed by atoms with Crippen LogP contribution in [0.4, 0.5) is 26.3 Å². The summed E-state index contributed by atoms with van der Waals surface area (Å²) in [5, 5.41) is 0. The molecule has 0 spiro atoms. The number of aromatic amines is 2. The van der Waals surface area contributed by atoms with Crippen LogP contribution in [0.5, 0.6) is 0 Å². The minimum absolute atomic E-state index is 0.199. The van der Waals surface area contributed by atoms with Gasteiger partial charge in [0.05, 0.1) is 33.2 Å². The predicted molar refractivity (Wildman–Crippen MR) is 104 cm³/mol. The molecule has 0 saturated heterocycles. The first kappa shape index (κ1) is 20.0. The number of pyridine rings is 1. The molecule has 3 heterocycles. The number of fused-ring (bicyclic) bond motifs is 2. The van der Waals surface area contributed by atoms with Gasteiger partial charge in [0.2, 0.25) is 0 Å². The molecule has 0 aliphatic carbocycles. The second-order valence-corrected chi connectivity index (χ2v) is 7.04. The number of H-pyrrole nitrogens is 2. The topological polar surface area (TPSA) is 70.2 Å². The van der Waals surface area contributed by atoms with Crippen LogP contribution in [0.2, 0.25) is 0 Å². The number of benzene rings is 2. The van der Waals surface area contributed by atoms with E-state index >= 15 is 0 Å². The Balaban J connectivity index is 1.53. The van der Waals surface area contributed by atoms with E-state index in [4.69, 9.17) is 0 Å². The van der Waals surface area contributed by atoms with Gasteiger partial charge in [0.1, 0.15) is 11.4 Å². The van der Waals surface area contributed by atoms with Crippen LogP contribution in [0, 0.1) is 0 Å². The summed E-state index contributed by atoms with van der Waals surface area (Å²) in [5.74, 6) is 0.494. The van der Waals surface area contributed by atoms with E-state index in [-0.39, 0.29) is 22.7 Å². The van der Waals surface area contributed by atoms with Gasteiger partial charge in [-0.1, -0.05) is 6.07 Å². The Bertz CT molecular complexity index is 1350. The molecule has 5 nitrogen and oxygen atoms in total. The fourth-order valence-corrected chi connectivity index (χ4v) is 3.31. The molecule has 0 atom stereocenters. The van der Waals surface area contributed by atoms with E-state index in [1.807, 2.05) is 0 Å². The predicted octanol–water partition coefficient (Wildman–Crippen LogP) is 6.21. The van der Waals surface area contributed by atoms with Crippen LogP contribution in [0.3, 0.4) is 0 Å². The van der Waals surface area contributed by atoms with Crippen molar-refractivity contribution in [3.05, 3.63) is 65.7 Å². The van der Waals surface area contributed by atoms with Gasteiger partial charge < -0.3 is 9.97 Å². The summed E-state index contributed by atoms with van der Waals surface area (Å²) in [6, 6.07) is 11.2. The van der Waals surface area contributed by atoms with Crippen molar-refractivity contribution < 1.29 is 26.3 Å². The molecule has 32 heavy (non-hydrogen) atoms. The van der Waals surface area contributed by atoms with Crippen molar-refractivity contribution in [2.24, 2.45) is 0 Å². The minimum atomic E-state index is -4.48. The Kier molecular flexibility index (Phi) is 4.26. The van der Waals surface area contributed by atoms with Crippen LogP contribution in [0.1, 0.15) is 11.1 Å². The van der Waals surface area contributed by atoms with Gasteiger partial charge in [-0.05, 0) is 48.5 Å². The van der Waals surface area contributed by atoms with Gasteiger partial charge in [-0.15, -0.1) is 0 Å². The summed E-state index contributed by atoms with van der Waals surface area (Å²) in [7, 11) is 0. The zero-order chi connectivity index (χ0) is 22.7. The zero-order valence-electron chi connectivity index (χ0n) is 15.8. The van der Waals surface area contributed by atoms with Gasteiger partial charge in [0.15, 0.2) is 11.6 Å². The molecule has 2 N–H and O–H groups in total. The van der Waals surface area contributed by atoms with Crippen molar-refractivity contribution in [3.63, 3.8) is 0 Å². The zero-order valence-corrected chi connectivity index (χ0v) is 15.8. The van der Waals surface area contributed by atoms with Crippen LogP contribution in [0.15, 0.2) is 54.6 Å². The van der Waals surface area contributed by atoms with Crippen molar-refractivity contribution >= 4 is 22.1 Å². The number of hydrogen-bond acceptors (Lipinski definition) is 3.